The molecule has 2 aromatic heterocycles. The minimum Gasteiger partial charge on any atom is -0.480 e. The molecule has 7 nitrogen and oxygen atoms in total. The molecule has 0 saturated heterocycles. The van der Waals surface area contributed by atoms with Gasteiger partial charge in [0.15, 0.2) is 0 Å². The highest BCUT2D eigenvalue weighted by atomic mass is 32.1. The number of rotatable bonds is 7. The molecule has 0 aliphatic carbocycles. The van der Waals surface area contributed by atoms with Gasteiger partial charge in [-0.25, -0.2) is 14.8 Å². The Bertz CT molecular complexity index is 609. The first kappa shape index (κ1) is 15.2. The Kier molecular flexibility index (Phi) is 5.04. The van der Waals surface area contributed by atoms with Crippen molar-refractivity contribution in [3.63, 3.8) is 0 Å². The number of aryl methyl sites for hydroxylation is 1. The lowest BCUT2D eigenvalue weighted by Crippen LogP contribution is -2.42. The molecular formula is C13H16N4O3S. The van der Waals surface area contributed by atoms with Crippen molar-refractivity contribution in [2.24, 2.45) is 0 Å². The van der Waals surface area contributed by atoms with E-state index in [9.17, 15) is 14.7 Å². The number of carbonyl (C=O) groups is 2. The largest absolute Gasteiger partial charge is 0.480 e. The topological polar surface area (TPSA) is 108 Å². The lowest BCUT2D eigenvalue weighted by molar-refractivity contribution is -0.139. The Balaban J connectivity index is 2.01. The third-order valence-electron chi connectivity index (χ3n) is 2.83. The van der Waals surface area contributed by atoms with Crippen LogP contribution in [0.4, 0.5) is 0 Å². The van der Waals surface area contributed by atoms with Crippen LogP contribution in [0.3, 0.4) is 0 Å². The van der Waals surface area contributed by atoms with Crippen LogP contribution in [-0.4, -0.2) is 38.0 Å². The van der Waals surface area contributed by atoms with Crippen LogP contribution in [0.25, 0.3) is 0 Å². The molecule has 2 heterocycles. The van der Waals surface area contributed by atoms with Gasteiger partial charge in [0.05, 0.1) is 11.3 Å². The Morgan fingerprint density at radius 3 is 2.95 bits per heavy atom. The molecule has 2 aromatic rings. The van der Waals surface area contributed by atoms with Crippen molar-refractivity contribution < 1.29 is 14.7 Å². The third-order valence-corrected chi connectivity index (χ3v) is 3.74. The maximum atomic E-state index is 12.0. The number of carbonyl (C=O) groups excluding carboxylic acids is 1. The number of carboxylic acid groups (broad SMARTS) is 1. The smallest absolute Gasteiger partial charge is 0.326 e. The molecule has 0 spiro atoms. The van der Waals surface area contributed by atoms with Gasteiger partial charge in [0.1, 0.15) is 11.7 Å². The molecule has 1 atom stereocenters. The van der Waals surface area contributed by atoms with Gasteiger partial charge in [0.2, 0.25) is 0 Å². The number of hydrogen-bond donors (Lipinski definition) is 3. The molecule has 2 rings (SSSR count). The maximum absolute atomic E-state index is 12.0. The van der Waals surface area contributed by atoms with Crippen molar-refractivity contribution >= 4 is 23.2 Å². The number of imidazole rings is 1. The number of aromatic nitrogens is 3. The second-order valence-corrected chi connectivity index (χ2v) is 5.46. The van der Waals surface area contributed by atoms with Crippen LogP contribution in [-0.2, 0) is 17.6 Å². The fraction of sp³-hybridized carbons (Fsp3) is 0.385. The van der Waals surface area contributed by atoms with E-state index in [4.69, 9.17) is 0 Å². The Morgan fingerprint density at radius 2 is 2.33 bits per heavy atom. The van der Waals surface area contributed by atoms with Gasteiger partial charge in [-0.1, -0.05) is 6.92 Å². The van der Waals surface area contributed by atoms with Gasteiger partial charge in [0, 0.05) is 23.7 Å². The average Bonchev–Trinajstić information content (AvgIpc) is 3.09. The summed E-state index contributed by atoms with van der Waals surface area (Å²) in [6.07, 6.45) is 4.91. The van der Waals surface area contributed by atoms with Crippen molar-refractivity contribution in [1.82, 2.24) is 20.3 Å². The summed E-state index contributed by atoms with van der Waals surface area (Å²) in [6, 6.07) is -1.02. The highest BCUT2D eigenvalue weighted by Gasteiger charge is 2.22. The first-order valence-corrected chi connectivity index (χ1v) is 7.43. The lowest BCUT2D eigenvalue weighted by atomic mass is 10.1. The molecule has 3 N–H and O–H groups in total. The van der Waals surface area contributed by atoms with Gasteiger partial charge < -0.3 is 15.4 Å². The van der Waals surface area contributed by atoms with E-state index in [0.29, 0.717) is 5.69 Å². The predicted octanol–water partition coefficient (Wildman–Crippen LogP) is 1.24. The van der Waals surface area contributed by atoms with Crippen LogP contribution >= 0.6 is 11.3 Å². The van der Waals surface area contributed by atoms with Crippen molar-refractivity contribution in [3.8, 4) is 0 Å². The maximum Gasteiger partial charge on any atom is 0.326 e. The number of aromatic amines is 1. The van der Waals surface area contributed by atoms with E-state index in [1.165, 1.54) is 23.9 Å². The monoisotopic (exact) mass is 308 g/mol. The second-order valence-electron chi connectivity index (χ2n) is 4.52. The predicted molar refractivity (Wildman–Crippen MR) is 77.3 cm³/mol. The van der Waals surface area contributed by atoms with Crippen LogP contribution in [0.1, 0.15) is 34.5 Å². The molecule has 0 aliphatic rings. The standard InChI is InChI=1S/C13H16N4O3S/c1-2-3-11-16-10(6-21-11)12(18)17-9(13(19)20)4-8-5-14-7-15-8/h5-7,9H,2-4H2,1H3,(H,14,15)(H,17,18)(H,19,20). The first-order valence-electron chi connectivity index (χ1n) is 6.55. The number of carboxylic acids is 1. The second kappa shape index (κ2) is 6.98. The Morgan fingerprint density at radius 1 is 1.52 bits per heavy atom. The van der Waals surface area contributed by atoms with Crippen LogP contribution in [0, 0.1) is 0 Å². The molecule has 0 aromatic carbocycles. The third kappa shape index (κ3) is 4.12. The molecule has 8 heteroatoms. The van der Waals surface area contributed by atoms with E-state index < -0.39 is 17.9 Å². The van der Waals surface area contributed by atoms with Crippen molar-refractivity contribution in [3.05, 3.63) is 34.3 Å². The van der Waals surface area contributed by atoms with E-state index in [1.807, 2.05) is 6.92 Å². The summed E-state index contributed by atoms with van der Waals surface area (Å²) in [5, 5.41) is 14.2. The quantitative estimate of drug-likeness (QED) is 0.713. The highest BCUT2D eigenvalue weighted by molar-refractivity contribution is 7.09. The Hall–Kier alpha value is -2.22. The molecule has 0 aliphatic heterocycles. The fourth-order valence-corrected chi connectivity index (χ4v) is 2.67. The summed E-state index contributed by atoms with van der Waals surface area (Å²) in [6.45, 7) is 2.03. The number of nitrogens with zero attached hydrogens (tertiary/aromatic N) is 2. The van der Waals surface area contributed by atoms with Crippen LogP contribution in [0.5, 0.6) is 0 Å². The van der Waals surface area contributed by atoms with Gasteiger partial charge in [-0.2, -0.15) is 0 Å². The number of H-pyrrole nitrogens is 1. The molecular weight excluding hydrogens is 292 g/mol. The Labute approximate surface area is 125 Å². The SMILES string of the molecule is CCCc1nc(C(=O)NC(Cc2cnc[nH]2)C(=O)O)cs1. The van der Waals surface area contributed by atoms with Gasteiger partial charge in [-0.3, -0.25) is 4.79 Å². The van der Waals surface area contributed by atoms with Gasteiger partial charge in [0.25, 0.3) is 5.91 Å². The summed E-state index contributed by atoms with van der Waals surface area (Å²) in [5.41, 5.74) is 0.909. The van der Waals surface area contributed by atoms with Crippen LogP contribution in [0.15, 0.2) is 17.9 Å². The molecule has 0 bridgehead atoms. The van der Waals surface area contributed by atoms with E-state index >= 15 is 0 Å². The summed E-state index contributed by atoms with van der Waals surface area (Å²) >= 11 is 1.41. The molecule has 0 saturated carbocycles. The summed E-state index contributed by atoms with van der Waals surface area (Å²) in [7, 11) is 0. The summed E-state index contributed by atoms with van der Waals surface area (Å²) in [4.78, 5) is 34.1. The number of hydrogen-bond acceptors (Lipinski definition) is 5. The van der Waals surface area contributed by atoms with Crippen molar-refractivity contribution in [2.45, 2.75) is 32.2 Å². The zero-order valence-electron chi connectivity index (χ0n) is 11.5. The molecule has 1 amide bonds. The molecule has 0 fully saturated rings. The van der Waals surface area contributed by atoms with E-state index in [2.05, 4.69) is 20.3 Å². The average molecular weight is 308 g/mol. The number of amides is 1. The van der Waals surface area contributed by atoms with E-state index in [-0.39, 0.29) is 12.1 Å². The number of thiazole rings is 1. The van der Waals surface area contributed by atoms with Crippen LogP contribution in [0.2, 0.25) is 0 Å². The first-order chi connectivity index (χ1) is 10.1. The minimum atomic E-state index is -1.10. The summed E-state index contributed by atoms with van der Waals surface area (Å²) < 4.78 is 0. The number of nitrogens with one attached hydrogen (secondary N) is 2. The van der Waals surface area contributed by atoms with Crippen molar-refractivity contribution in [2.75, 3.05) is 0 Å². The minimum absolute atomic E-state index is 0.146. The summed E-state index contributed by atoms with van der Waals surface area (Å²) in [5.74, 6) is -1.57. The van der Waals surface area contributed by atoms with Gasteiger partial charge >= 0.3 is 5.97 Å². The van der Waals surface area contributed by atoms with Crippen LogP contribution < -0.4 is 5.32 Å². The molecule has 1 unspecified atom stereocenters. The van der Waals surface area contributed by atoms with Gasteiger partial charge in [-0.05, 0) is 12.8 Å². The molecule has 21 heavy (non-hydrogen) atoms. The highest BCUT2D eigenvalue weighted by Crippen LogP contribution is 2.12. The zero-order chi connectivity index (χ0) is 15.2. The lowest BCUT2D eigenvalue weighted by Gasteiger charge is -2.12. The van der Waals surface area contributed by atoms with Crippen molar-refractivity contribution in [1.29, 1.82) is 0 Å². The molecule has 0 radical (unpaired) electrons. The zero-order valence-corrected chi connectivity index (χ0v) is 12.3. The normalized spacial score (nSPS) is 12.0. The van der Waals surface area contributed by atoms with E-state index in [0.717, 1.165) is 17.8 Å². The number of aliphatic carboxylic acids is 1. The molecule has 112 valence electrons. The van der Waals surface area contributed by atoms with Gasteiger partial charge in [-0.15, -0.1) is 11.3 Å². The fourth-order valence-electron chi connectivity index (χ4n) is 1.79. The van der Waals surface area contributed by atoms with E-state index in [1.54, 1.807) is 5.38 Å².